The van der Waals surface area contributed by atoms with Gasteiger partial charge in [0.1, 0.15) is 5.82 Å². The summed E-state index contributed by atoms with van der Waals surface area (Å²) in [7, 11) is 1.77. The van der Waals surface area contributed by atoms with Gasteiger partial charge in [-0.15, -0.1) is 0 Å². The molecule has 0 saturated carbocycles. The molecule has 2 heterocycles. The predicted octanol–water partition coefficient (Wildman–Crippen LogP) is 2.23. The third-order valence-corrected chi connectivity index (χ3v) is 5.58. The van der Waals surface area contributed by atoms with Crippen molar-refractivity contribution in [2.45, 2.75) is 37.2 Å². The molecule has 2 saturated heterocycles. The number of benzene rings is 1. The van der Waals surface area contributed by atoms with Crippen LogP contribution in [0.3, 0.4) is 0 Å². The zero-order chi connectivity index (χ0) is 19.7. The van der Waals surface area contributed by atoms with Gasteiger partial charge in [-0.05, 0) is 43.4 Å². The summed E-state index contributed by atoms with van der Waals surface area (Å²) in [5.41, 5.74) is 1.07. The molecule has 1 unspecified atom stereocenters. The summed E-state index contributed by atoms with van der Waals surface area (Å²) >= 11 is 0. The molecule has 3 rings (SSSR count). The highest BCUT2D eigenvalue weighted by molar-refractivity contribution is 5.79. The normalized spacial score (nSPS) is 22.2. The molecule has 0 aromatic heterocycles. The number of aliphatic imine (C=N–C) groups is 1. The summed E-state index contributed by atoms with van der Waals surface area (Å²) in [6, 6.07) is 6.86. The lowest BCUT2D eigenvalue weighted by Crippen LogP contribution is -2.48. The molecule has 1 aromatic rings. The van der Waals surface area contributed by atoms with E-state index in [1.165, 1.54) is 12.1 Å². The van der Waals surface area contributed by atoms with Gasteiger partial charge in [0.2, 0.25) is 0 Å². The maximum absolute atomic E-state index is 13.4. The molecule has 2 aliphatic rings. The van der Waals surface area contributed by atoms with Crippen molar-refractivity contribution in [2.75, 3.05) is 53.2 Å². The molecule has 0 bridgehead atoms. The maximum Gasteiger partial charge on any atom is 0.191 e. The van der Waals surface area contributed by atoms with E-state index in [1.54, 1.807) is 7.05 Å². The Morgan fingerprint density at radius 3 is 2.64 bits per heavy atom. The van der Waals surface area contributed by atoms with E-state index in [0.717, 1.165) is 63.5 Å². The lowest BCUT2D eigenvalue weighted by Gasteiger charge is -2.38. The molecule has 2 aliphatic heterocycles. The summed E-state index contributed by atoms with van der Waals surface area (Å²) < 4.78 is 30.0. The molecular formula is C21H32FN3O3. The minimum atomic E-state index is -0.206. The first-order valence-electron chi connectivity index (χ1n) is 10.2. The molecule has 28 heavy (non-hydrogen) atoms. The van der Waals surface area contributed by atoms with Crippen LogP contribution in [-0.4, -0.2) is 65.2 Å². The van der Waals surface area contributed by atoms with Gasteiger partial charge in [0.25, 0.3) is 0 Å². The third kappa shape index (κ3) is 5.90. The number of nitrogens with zero attached hydrogens (tertiary/aromatic N) is 1. The fraction of sp³-hybridized carbons (Fsp3) is 0.667. The zero-order valence-electron chi connectivity index (χ0n) is 16.7. The second-order valence-electron chi connectivity index (χ2n) is 7.46. The van der Waals surface area contributed by atoms with Crippen molar-refractivity contribution in [1.82, 2.24) is 10.6 Å². The first-order valence-corrected chi connectivity index (χ1v) is 10.2. The summed E-state index contributed by atoms with van der Waals surface area (Å²) in [4.78, 5) is 4.33. The van der Waals surface area contributed by atoms with E-state index in [2.05, 4.69) is 15.6 Å². The Morgan fingerprint density at radius 1 is 1.18 bits per heavy atom. The van der Waals surface area contributed by atoms with Gasteiger partial charge in [0.15, 0.2) is 5.96 Å². The summed E-state index contributed by atoms with van der Waals surface area (Å²) in [6.07, 6.45) is 3.96. The molecule has 7 heteroatoms. The summed E-state index contributed by atoms with van der Waals surface area (Å²) in [5.74, 6) is 0.569. The second kappa shape index (κ2) is 10.7. The smallest absolute Gasteiger partial charge is 0.191 e. The number of guanidine groups is 1. The number of hydrogen-bond acceptors (Lipinski definition) is 4. The maximum atomic E-state index is 13.4. The Labute approximate surface area is 166 Å². The van der Waals surface area contributed by atoms with Crippen molar-refractivity contribution in [1.29, 1.82) is 0 Å². The van der Waals surface area contributed by atoms with E-state index in [1.807, 2.05) is 12.1 Å². The van der Waals surface area contributed by atoms with Crippen LogP contribution in [0.25, 0.3) is 0 Å². The predicted molar refractivity (Wildman–Crippen MR) is 107 cm³/mol. The molecule has 2 N–H and O–H groups in total. The molecular weight excluding hydrogens is 361 g/mol. The van der Waals surface area contributed by atoms with Crippen LogP contribution in [0.1, 0.15) is 31.2 Å². The molecule has 1 atom stereocenters. The molecule has 156 valence electrons. The fourth-order valence-electron chi connectivity index (χ4n) is 3.78. The van der Waals surface area contributed by atoms with E-state index in [4.69, 9.17) is 14.2 Å². The van der Waals surface area contributed by atoms with Gasteiger partial charge in [-0.25, -0.2) is 4.39 Å². The minimum Gasteiger partial charge on any atom is -0.381 e. The van der Waals surface area contributed by atoms with Crippen molar-refractivity contribution in [3.8, 4) is 0 Å². The molecule has 1 aromatic carbocycles. The van der Waals surface area contributed by atoms with Crippen molar-refractivity contribution in [3.05, 3.63) is 35.6 Å². The van der Waals surface area contributed by atoms with E-state index in [9.17, 15) is 4.39 Å². The van der Waals surface area contributed by atoms with Crippen LogP contribution in [0.2, 0.25) is 0 Å². The lowest BCUT2D eigenvalue weighted by atomic mass is 9.74. The highest BCUT2D eigenvalue weighted by Crippen LogP contribution is 2.34. The minimum absolute atomic E-state index is 0.0743. The molecule has 0 aliphatic carbocycles. The number of hydrogen-bond donors (Lipinski definition) is 2. The number of halogens is 1. The van der Waals surface area contributed by atoms with Crippen LogP contribution in [0, 0.1) is 5.82 Å². The van der Waals surface area contributed by atoms with Gasteiger partial charge >= 0.3 is 0 Å². The monoisotopic (exact) mass is 393 g/mol. The van der Waals surface area contributed by atoms with Crippen molar-refractivity contribution in [3.63, 3.8) is 0 Å². The standard InChI is InChI=1S/C21H32FN3O3/c1-23-20(24-10-2-11-28-19-7-12-27-15-19)25-16-21(8-13-26-14-9-21)17-3-5-18(22)6-4-17/h3-6,19H,2,7-16H2,1H3,(H2,23,24,25). The van der Waals surface area contributed by atoms with Crippen molar-refractivity contribution in [2.24, 2.45) is 4.99 Å². The van der Waals surface area contributed by atoms with Gasteiger partial charge in [0.05, 0.1) is 12.7 Å². The Balaban J connectivity index is 1.46. The second-order valence-corrected chi connectivity index (χ2v) is 7.46. The Hall–Kier alpha value is -1.70. The molecule has 0 spiro atoms. The number of nitrogens with one attached hydrogen (secondary N) is 2. The van der Waals surface area contributed by atoms with Crippen LogP contribution in [-0.2, 0) is 19.6 Å². The Kier molecular flexibility index (Phi) is 8.06. The van der Waals surface area contributed by atoms with Crippen LogP contribution < -0.4 is 10.6 Å². The zero-order valence-corrected chi connectivity index (χ0v) is 16.7. The van der Waals surface area contributed by atoms with E-state index in [0.29, 0.717) is 19.8 Å². The van der Waals surface area contributed by atoms with Gasteiger partial charge in [-0.2, -0.15) is 0 Å². The average molecular weight is 394 g/mol. The van der Waals surface area contributed by atoms with Gasteiger partial charge < -0.3 is 24.8 Å². The molecule has 0 radical (unpaired) electrons. The summed E-state index contributed by atoms with van der Waals surface area (Å²) in [6.45, 7) is 5.19. The number of rotatable bonds is 8. The fourth-order valence-corrected chi connectivity index (χ4v) is 3.78. The largest absolute Gasteiger partial charge is 0.381 e. The van der Waals surface area contributed by atoms with Crippen molar-refractivity contribution >= 4 is 5.96 Å². The average Bonchev–Trinajstić information content (AvgIpc) is 3.25. The van der Waals surface area contributed by atoms with Gasteiger partial charge in [-0.3, -0.25) is 4.99 Å². The van der Waals surface area contributed by atoms with Crippen LogP contribution in [0.5, 0.6) is 0 Å². The third-order valence-electron chi connectivity index (χ3n) is 5.58. The van der Waals surface area contributed by atoms with Crippen LogP contribution in [0.15, 0.2) is 29.3 Å². The quantitative estimate of drug-likeness (QED) is 0.403. The SMILES string of the molecule is CN=C(NCCCOC1CCOC1)NCC1(c2ccc(F)cc2)CCOCC1. The van der Waals surface area contributed by atoms with Gasteiger partial charge in [-0.1, -0.05) is 12.1 Å². The van der Waals surface area contributed by atoms with E-state index in [-0.39, 0.29) is 17.3 Å². The first kappa shape index (κ1) is 21.0. The summed E-state index contributed by atoms with van der Waals surface area (Å²) in [5, 5.41) is 6.80. The number of ether oxygens (including phenoxy) is 3. The first-order chi connectivity index (χ1) is 13.7. The van der Waals surface area contributed by atoms with Crippen molar-refractivity contribution < 1.29 is 18.6 Å². The molecule has 6 nitrogen and oxygen atoms in total. The Bertz CT molecular complexity index is 612. The lowest BCUT2D eigenvalue weighted by molar-refractivity contribution is 0.0419. The Morgan fingerprint density at radius 2 is 1.96 bits per heavy atom. The molecule has 2 fully saturated rings. The van der Waals surface area contributed by atoms with E-state index < -0.39 is 0 Å². The highest BCUT2D eigenvalue weighted by Gasteiger charge is 2.34. The topological polar surface area (TPSA) is 64.1 Å². The van der Waals surface area contributed by atoms with Gasteiger partial charge in [0, 0.05) is 52.0 Å². The van der Waals surface area contributed by atoms with Crippen LogP contribution >= 0.6 is 0 Å². The van der Waals surface area contributed by atoms with E-state index >= 15 is 0 Å². The molecule has 0 amide bonds. The van der Waals surface area contributed by atoms with Crippen LogP contribution in [0.4, 0.5) is 4.39 Å². The highest BCUT2D eigenvalue weighted by atomic mass is 19.1.